The fourth-order valence-electron chi connectivity index (χ4n) is 2.65. The van der Waals surface area contributed by atoms with Gasteiger partial charge in [0.2, 0.25) is 0 Å². The summed E-state index contributed by atoms with van der Waals surface area (Å²) in [5, 5.41) is 0. The molecule has 1 rings (SSSR count). The van der Waals surface area contributed by atoms with Crippen LogP contribution in [0.15, 0.2) is 63.3 Å². The molecule has 25 heavy (non-hydrogen) atoms. The summed E-state index contributed by atoms with van der Waals surface area (Å²) >= 11 is 0. The topological polar surface area (TPSA) is 46.2 Å². The van der Waals surface area contributed by atoms with Gasteiger partial charge in [-0.2, -0.15) is 0 Å². The van der Waals surface area contributed by atoms with Crippen molar-refractivity contribution >= 4 is 46.4 Å². The van der Waals surface area contributed by atoms with Gasteiger partial charge in [0.15, 0.2) is 0 Å². The SMILES string of the molecule is C=CC[SiH]1O[SiH2]O[SiH2]O[Si](CC=C)(CC=C)O[Si](CC=C)(CC=C)O1. The zero-order chi connectivity index (χ0) is 18.6. The minimum Gasteiger partial charge on any atom is -0.425 e. The summed E-state index contributed by atoms with van der Waals surface area (Å²) in [6.07, 6.45) is 9.32. The first kappa shape index (κ1) is 22.6. The van der Waals surface area contributed by atoms with E-state index in [1.807, 2.05) is 30.4 Å². The molecule has 0 aromatic carbocycles. The van der Waals surface area contributed by atoms with Gasteiger partial charge in [-0.15, -0.1) is 32.9 Å². The molecule has 0 bridgehead atoms. The molecule has 140 valence electrons. The van der Waals surface area contributed by atoms with Crippen molar-refractivity contribution in [2.45, 2.75) is 30.2 Å². The predicted molar refractivity (Wildman–Crippen MR) is 116 cm³/mol. The Hall–Kier alpha value is -0.416. The summed E-state index contributed by atoms with van der Waals surface area (Å²) in [6, 6.07) is 3.41. The molecule has 0 radical (unpaired) electrons. The first-order chi connectivity index (χ1) is 12.1. The van der Waals surface area contributed by atoms with Crippen molar-refractivity contribution in [2.24, 2.45) is 0 Å². The molecule has 1 saturated heterocycles. The minimum atomic E-state index is -2.65. The van der Waals surface area contributed by atoms with E-state index in [1.54, 1.807) is 0 Å². The Bertz CT molecular complexity index is 453. The lowest BCUT2D eigenvalue weighted by atomic mass is 10.7. The van der Waals surface area contributed by atoms with E-state index in [0.717, 1.165) is 6.04 Å². The van der Waals surface area contributed by atoms with E-state index >= 15 is 0 Å². The summed E-state index contributed by atoms with van der Waals surface area (Å²) in [4.78, 5) is 0. The van der Waals surface area contributed by atoms with Crippen LogP contribution in [0.4, 0.5) is 0 Å². The van der Waals surface area contributed by atoms with Crippen LogP contribution in [0.1, 0.15) is 0 Å². The fourth-order valence-corrected chi connectivity index (χ4v) is 20.0. The maximum Gasteiger partial charge on any atom is 0.328 e. The van der Waals surface area contributed by atoms with Gasteiger partial charge in [-0.1, -0.05) is 30.4 Å². The number of hydrogen-bond donors (Lipinski definition) is 0. The van der Waals surface area contributed by atoms with Gasteiger partial charge in [0, 0.05) is 30.2 Å². The second-order valence-corrected chi connectivity index (χ2v) is 18.7. The standard InChI is InChI=1S/C15H30O5Si5/c1-6-11-23-17-21-16-22-18-24(12-7-2,13-8-3)20-25(19-23,14-9-4)15-10-5/h6-10,23H,1-5,11-15,21-22H2. The lowest BCUT2D eigenvalue weighted by Crippen LogP contribution is -2.58. The summed E-state index contributed by atoms with van der Waals surface area (Å²) in [5.74, 6) is 0. The lowest BCUT2D eigenvalue weighted by molar-refractivity contribution is 0.273. The molecule has 0 spiro atoms. The molecule has 0 saturated carbocycles. The second-order valence-electron chi connectivity index (χ2n) is 5.72. The predicted octanol–water partition coefficient (Wildman–Crippen LogP) is 2.12. The Kier molecular flexibility index (Phi) is 10.9. The Morgan fingerprint density at radius 3 is 1.84 bits per heavy atom. The molecule has 0 aromatic heterocycles. The van der Waals surface area contributed by atoms with Crippen LogP contribution in [-0.2, 0) is 20.6 Å². The van der Waals surface area contributed by atoms with Crippen molar-refractivity contribution in [1.29, 1.82) is 0 Å². The molecule has 1 heterocycles. The van der Waals surface area contributed by atoms with Crippen LogP contribution in [0.5, 0.6) is 0 Å². The second kappa shape index (κ2) is 12.1. The monoisotopic (exact) mass is 430 g/mol. The third kappa shape index (κ3) is 7.38. The van der Waals surface area contributed by atoms with Crippen LogP contribution in [0, 0.1) is 0 Å². The molecule has 0 N–H and O–H groups in total. The summed E-state index contributed by atoms with van der Waals surface area (Å²) in [5.41, 5.74) is 0. The average Bonchev–Trinajstić information content (AvgIpc) is 2.55. The van der Waals surface area contributed by atoms with Crippen molar-refractivity contribution in [2.75, 3.05) is 0 Å². The van der Waals surface area contributed by atoms with E-state index in [9.17, 15) is 0 Å². The molecular formula is C15H30O5Si5. The largest absolute Gasteiger partial charge is 0.425 e. The molecule has 10 heteroatoms. The Morgan fingerprint density at radius 1 is 0.760 bits per heavy atom. The summed E-state index contributed by atoms with van der Waals surface area (Å²) in [6.45, 7) is 19.4. The molecule has 5 nitrogen and oxygen atoms in total. The van der Waals surface area contributed by atoms with Crippen molar-refractivity contribution in [3.8, 4) is 0 Å². The highest BCUT2D eigenvalue weighted by Gasteiger charge is 2.48. The number of hydrogen-bond acceptors (Lipinski definition) is 5. The van der Waals surface area contributed by atoms with Gasteiger partial charge in [-0.3, -0.25) is 0 Å². The highest BCUT2D eigenvalue weighted by molar-refractivity contribution is 6.86. The Labute approximate surface area is 160 Å². The quantitative estimate of drug-likeness (QED) is 0.392. The van der Waals surface area contributed by atoms with Crippen LogP contribution >= 0.6 is 0 Å². The maximum atomic E-state index is 6.78. The van der Waals surface area contributed by atoms with Crippen LogP contribution in [-0.4, -0.2) is 46.4 Å². The van der Waals surface area contributed by atoms with Crippen molar-refractivity contribution in [3.63, 3.8) is 0 Å². The van der Waals surface area contributed by atoms with Gasteiger partial charge >= 0.3 is 26.4 Å². The molecule has 1 atom stereocenters. The van der Waals surface area contributed by atoms with Crippen LogP contribution in [0.3, 0.4) is 0 Å². The average molecular weight is 431 g/mol. The molecule has 1 unspecified atom stereocenters. The molecule has 1 fully saturated rings. The first-order valence-corrected chi connectivity index (χ1v) is 16.9. The highest BCUT2D eigenvalue weighted by Crippen LogP contribution is 2.32. The zero-order valence-electron chi connectivity index (χ0n) is 15.0. The van der Waals surface area contributed by atoms with Crippen molar-refractivity contribution in [3.05, 3.63) is 63.3 Å². The van der Waals surface area contributed by atoms with E-state index < -0.39 is 46.4 Å². The summed E-state index contributed by atoms with van der Waals surface area (Å²) in [7, 11) is -9.41. The maximum absolute atomic E-state index is 6.78. The van der Waals surface area contributed by atoms with Crippen LogP contribution in [0.2, 0.25) is 30.2 Å². The van der Waals surface area contributed by atoms with Crippen LogP contribution < -0.4 is 0 Å². The van der Waals surface area contributed by atoms with E-state index in [4.69, 9.17) is 20.6 Å². The number of allylic oxidation sites excluding steroid dienone is 5. The van der Waals surface area contributed by atoms with Crippen molar-refractivity contribution < 1.29 is 20.6 Å². The van der Waals surface area contributed by atoms with Gasteiger partial charge in [0.25, 0.3) is 20.0 Å². The molecule has 0 amide bonds. The van der Waals surface area contributed by atoms with Gasteiger partial charge in [0.1, 0.15) is 0 Å². The molecule has 0 aromatic rings. The normalized spacial score (nSPS) is 25.0. The minimum absolute atomic E-state index is 0.666. The molecule has 1 aliphatic heterocycles. The van der Waals surface area contributed by atoms with E-state index in [1.165, 1.54) is 0 Å². The molecular weight excluding hydrogens is 401 g/mol. The molecule has 1 aliphatic rings. The number of rotatable bonds is 10. The first-order valence-electron chi connectivity index (χ1n) is 8.35. The Balaban J connectivity index is 3.26. The zero-order valence-corrected chi connectivity index (χ0v) is 21.0. The fraction of sp³-hybridized carbons (Fsp3) is 0.333. The van der Waals surface area contributed by atoms with Crippen molar-refractivity contribution in [1.82, 2.24) is 0 Å². The Morgan fingerprint density at radius 2 is 1.32 bits per heavy atom. The summed E-state index contributed by atoms with van der Waals surface area (Å²) < 4.78 is 31.3. The van der Waals surface area contributed by atoms with Gasteiger partial charge < -0.3 is 20.6 Å². The van der Waals surface area contributed by atoms with Gasteiger partial charge in [0.05, 0.1) is 0 Å². The third-order valence-electron chi connectivity index (χ3n) is 3.64. The highest BCUT2D eigenvalue weighted by atomic mass is 28.5. The van der Waals surface area contributed by atoms with Gasteiger partial charge in [-0.05, 0) is 0 Å². The van der Waals surface area contributed by atoms with E-state index in [0.29, 0.717) is 24.2 Å². The van der Waals surface area contributed by atoms with E-state index in [-0.39, 0.29) is 0 Å². The van der Waals surface area contributed by atoms with E-state index in [2.05, 4.69) is 32.9 Å². The van der Waals surface area contributed by atoms with Gasteiger partial charge in [-0.25, -0.2) is 0 Å². The smallest absolute Gasteiger partial charge is 0.328 e. The molecule has 0 aliphatic carbocycles. The lowest BCUT2D eigenvalue weighted by Gasteiger charge is -2.42. The van der Waals surface area contributed by atoms with Crippen LogP contribution in [0.25, 0.3) is 0 Å². The third-order valence-corrected chi connectivity index (χ3v) is 19.7.